The Labute approximate surface area is 197 Å². The number of anilines is 2. The van der Waals surface area contributed by atoms with Crippen LogP contribution in [0.4, 0.5) is 28.4 Å². The van der Waals surface area contributed by atoms with Gasteiger partial charge in [0.2, 0.25) is 0 Å². The third kappa shape index (κ3) is 4.96. The second-order valence-electron chi connectivity index (χ2n) is 7.64. The maximum Gasteiger partial charge on any atom is 0.269 e. The smallest absolute Gasteiger partial charge is 0.269 e. The summed E-state index contributed by atoms with van der Waals surface area (Å²) in [7, 11) is 0. The molecule has 0 unspecified atom stereocenters. The normalized spacial score (nSPS) is 11.1. The molecule has 0 atom stereocenters. The molecule has 0 amide bonds. The van der Waals surface area contributed by atoms with Crippen molar-refractivity contribution in [1.82, 2.24) is 0 Å². The van der Waals surface area contributed by atoms with Crippen LogP contribution in [0.2, 0.25) is 0 Å². The van der Waals surface area contributed by atoms with Gasteiger partial charge in [-0.25, -0.2) is 0 Å². The molecule has 0 aliphatic rings. The highest BCUT2D eigenvalue weighted by molar-refractivity contribution is 5.91. The molecule has 4 rings (SSSR count). The summed E-state index contributed by atoms with van der Waals surface area (Å²) in [6, 6.07) is 23.2. The lowest BCUT2D eigenvalue weighted by Gasteiger charge is -2.21. The summed E-state index contributed by atoms with van der Waals surface area (Å²) in [5, 5.41) is 21.4. The van der Waals surface area contributed by atoms with Gasteiger partial charge < -0.3 is 15.4 Å². The SMILES string of the molecule is CCN(CC)c1ccc2c(Oc3cc(N)ccc3N=Nc3ccc([N+](=O)[O-])cc3)cccc2c1. The number of non-ortho nitro benzene ring substituents is 1. The van der Waals surface area contributed by atoms with Gasteiger partial charge in [0.1, 0.15) is 11.4 Å². The molecule has 0 saturated heterocycles. The number of ether oxygens (including phenoxy) is 1. The number of nitro groups is 1. The van der Waals surface area contributed by atoms with Crippen LogP contribution in [0.3, 0.4) is 0 Å². The van der Waals surface area contributed by atoms with E-state index in [1.165, 1.54) is 24.3 Å². The van der Waals surface area contributed by atoms with Gasteiger partial charge in [-0.3, -0.25) is 10.1 Å². The highest BCUT2D eigenvalue weighted by Crippen LogP contribution is 2.38. The number of fused-ring (bicyclic) bond motifs is 1. The summed E-state index contributed by atoms with van der Waals surface area (Å²) in [6.07, 6.45) is 0. The van der Waals surface area contributed by atoms with Crippen LogP contribution in [0.5, 0.6) is 11.5 Å². The second-order valence-corrected chi connectivity index (χ2v) is 7.64. The standard InChI is InChI=1S/C26H25N5O3/c1-3-30(4-2)22-13-14-23-18(16-22)6-5-7-25(23)34-26-17-19(27)8-15-24(26)29-28-20-9-11-21(12-10-20)31(32)33/h5-17H,3-4,27H2,1-2H3. The molecule has 2 N–H and O–H groups in total. The molecular formula is C26H25N5O3. The zero-order chi connectivity index (χ0) is 24.1. The Hall–Kier alpha value is -4.46. The molecular weight excluding hydrogens is 430 g/mol. The zero-order valence-electron chi connectivity index (χ0n) is 19.0. The number of hydrogen-bond donors (Lipinski definition) is 1. The van der Waals surface area contributed by atoms with Crippen molar-refractivity contribution in [3.63, 3.8) is 0 Å². The lowest BCUT2D eigenvalue weighted by atomic mass is 10.1. The summed E-state index contributed by atoms with van der Waals surface area (Å²) in [6.45, 7) is 6.15. The Bertz CT molecular complexity index is 1350. The Morgan fingerprint density at radius 1 is 0.912 bits per heavy atom. The van der Waals surface area contributed by atoms with E-state index in [-0.39, 0.29) is 5.69 Å². The first kappa shape index (κ1) is 22.7. The van der Waals surface area contributed by atoms with Crippen LogP contribution in [0.15, 0.2) is 89.1 Å². The van der Waals surface area contributed by atoms with Crippen molar-refractivity contribution in [3.05, 3.63) is 89.0 Å². The van der Waals surface area contributed by atoms with Gasteiger partial charge >= 0.3 is 0 Å². The lowest BCUT2D eigenvalue weighted by molar-refractivity contribution is -0.384. The van der Waals surface area contributed by atoms with E-state index in [4.69, 9.17) is 10.5 Å². The topological polar surface area (TPSA) is 106 Å². The fraction of sp³-hybridized carbons (Fsp3) is 0.154. The van der Waals surface area contributed by atoms with Crippen molar-refractivity contribution in [1.29, 1.82) is 0 Å². The Morgan fingerprint density at radius 3 is 2.38 bits per heavy atom. The Kier molecular flexibility index (Phi) is 6.68. The van der Waals surface area contributed by atoms with Crippen molar-refractivity contribution in [2.24, 2.45) is 10.2 Å². The number of nitro benzene ring substituents is 1. The number of rotatable bonds is 8. The van der Waals surface area contributed by atoms with E-state index in [1.54, 1.807) is 18.2 Å². The molecule has 0 fully saturated rings. The number of nitrogens with zero attached hydrogens (tertiary/aromatic N) is 4. The molecule has 8 nitrogen and oxygen atoms in total. The van der Waals surface area contributed by atoms with Gasteiger partial charge in [0.15, 0.2) is 5.75 Å². The van der Waals surface area contributed by atoms with Crippen LogP contribution >= 0.6 is 0 Å². The van der Waals surface area contributed by atoms with Crippen molar-refractivity contribution >= 4 is 39.2 Å². The third-order valence-corrected chi connectivity index (χ3v) is 5.49. The molecule has 172 valence electrons. The number of nitrogens with two attached hydrogens (primary N) is 1. The fourth-order valence-corrected chi connectivity index (χ4v) is 3.68. The van der Waals surface area contributed by atoms with E-state index >= 15 is 0 Å². The van der Waals surface area contributed by atoms with Crippen LogP contribution in [0, 0.1) is 10.1 Å². The fourth-order valence-electron chi connectivity index (χ4n) is 3.68. The highest BCUT2D eigenvalue weighted by atomic mass is 16.6. The van der Waals surface area contributed by atoms with Gasteiger partial charge in [-0.2, -0.15) is 5.11 Å². The average molecular weight is 456 g/mol. The summed E-state index contributed by atoms with van der Waals surface area (Å²) in [4.78, 5) is 12.7. The molecule has 34 heavy (non-hydrogen) atoms. The van der Waals surface area contributed by atoms with Gasteiger partial charge in [-0.15, -0.1) is 5.11 Å². The van der Waals surface area contributed by atoms with E-state index in [1.807, 2.05) is 12.1 Å². The van der Waals surface area contributed by atoms with Crippen LogP contribution in [0.1, 0.15) is 13.8 Å². The van der Waals surface area contributed by atoms with Crippen LogP contribution in [0.25, 0.3) is 10.8 Å². The first-order valence-electron chi connectivity index (χ1n) is 11.0. The van der Waals surface area contributed by atoms with Crippen LogP contribution in [-0.4, -0.2) is 18.0 Å². The highest BCUT2D eigenvalue weighted by Gasteiger charge is 2.11. The van der Waals surface area contributed by atoms with Gasteiger partial charge in [0.25, 0.3) is 5.69 Å². The largest absolute Gasteiger partial charge is 0.454 e. The van der Waals surface area contributed by atoms with Crippen molar-refractivity contribution in [2.45, 2.75) is 13.8 Å². The molecule has 0 heterocycles. The monoisotopic (exact) mass is 455 g/mol. The lowest BCUT2D eigenvalue weighted by Crippen LogP contribution is -2.21. The summed E-state index contributed by atoms with van der Waals surface area (Å²) < 4.78 is 6.26. The Balaban J connectivity index is 1.65. The summed E-state index contributed by atoms with van der Waals surface area (Å²) in [5.41, 5.74) is 8.68. The van der Waals surface area contributed by atoms with Crippen molar-refractivity contribution in [2.75, 3.05) is 23.7 Å². The maximum absolute atomic E-state index is 10.8. The molecule has 8 heteroatoms. The van der Waals surface area contributed by atoms with E-state index < -0.39 is 4.92 Å². The number of benzene rings is 4. The summed E-state index contributed by atoms with van der Waals surface area (Å²) >= 11 is 0. The third-order valence-electron chi connectivity index (χ3n) is 5.49. The predicted octanol–water partition coefficient (Wildman–Crippen LogP) is 7.38. The number of nitrogen functional groups attached to an aromatic ring is 1. The van der Waals surface area contributed by atoms with E-state index in [2.05, 4.69) is 53.2 Å². The molecule has 0 aromatic heterocycles. The minimum absolute atomic E-state index is 0.00411. The average Bonchev–Trinajstić information content (AvgIpc) is 2.84. The van der Waals surface area contributed by atoms with Gasteiger partial charge in [-0.1, -0.05) is 12.1 Å². The minimum atomic E-state index is -0.456. The molecule has 0 saturated carbocycles. The first-order chi connectivity index (χ1) is 16.5. The van der Waals surface area contributed by atoms with Gasteiger partial charge in [-0.05, 0) is 67.8 Å². The molecule has 0 radical (unpaired) electrons. The van der Waals surface area contributed by atoms with Gasteiger partial charge in [0.05, 0.1) is 10.6 Å². The number of azo groups is 1. The molecule has 0 aliphatic heterocycles. The van der Waals surface area contributed by atoms with E-state index in [9.17, 15) is 10.1 Å². The van der Waals surface area contributed by atoms with Crippen LogP contribution in [-0.2, 0) is 0 Å². The molecule has 0 spiro atoms. The number of hydrogen-bond acceptors (Lipinski definition) is 7. The first-order valence-corrected chi connectivity index (χ1v) is 11.0. The Morgan fingerprint density at radius 2 is 1.68 bits per heavy atom. The van der Waals surface area contributed by atoms with Crippen LogP contribution < -0.4 is 15.4 Å². The molecule has 4 aromatic carbocycles. The molecule has 0 aliphatic carbocycles. The van der Waals surface area contributed by atoms with E-state index in [0.29, 0.717) is 28.6 Å². The maximum atomic E-state index is 10.8. The predicted molar refractivity (Wildman–Crippen MR) is 136 cm³/mol. The van der Waals surface area contributed by atoms with Crippen molar-refractivity contribution < 1.29 is 9.66 Å². The summed E-state index contributed by atoms with van der Waals surface area (Å²) in [5.74, 6) is 1.15. The molecule has 0 bridgehead atoms. The molecule has 4 aromatic rings. The quantitative estimate of drug-likeness (QED) is 0.129. The zero-order valence-corrected chi connectivity index (χ0v) is 19.0. The van der Waals surface area contributed by atoms with Gasteiger partial charge in [0, 0.05) is 48.0 Å². The van der Waals surface area contributed by atoms with Crippen molar-refractivity contribution in [3.8, 4) is 11.5 Å². The second kappa shape index (κ2) is 9.99. The van der Waals surface area contributed by atoms with E-state index in [0.717, 1.165) is 29.5 Å². The minimum Gasteiger partial charge on any atom is -0.454 e.